The number of amides is 1. The van der Waals surface area contributed by atoms with E-state index in [-0.39, 0.29) is 5.91 Å². The monoisotopic (exact) mass is 364 g/mol. The van der Waals surface area contributed by atoms with E-state index in [1.807, 2.05) is 71.6 Å². The summed E-state index contributed by atoms with van der Waals surface area (Å²) in [6.07, 6.45) is 4.68. The van der Waals surface area contributed by atoms with E-state index in [4.69, 9.17) is 12.2 Å². The number of nitrogens with one attached hydrogen (secondary N) is 3. The highest BCUT2D eigenvalue weighted by molar-refractivity contribution is 7.80. The van der Waals surface area contributed by atoms with Crippen LogP contribution < -0.4 is 16.2 Å². The van der Waals surface area contributed by atoms with E-state index < -0.39 is 0 Å². The molecule has 6 heteroatoms. The van der Waals surface area contributed by atoms with Crippen LogP contribution in [0.1, 0.15) is 22.8 Å². The molecule has 132 valence electrons. The van der Waals surface area contributed by atoms with E-state index in [0.717, 1.165) is 23.4 Å². The van der Waals surface area contributed by atoms with E-state index >= 15 is 0 Å². The quantitative estimate of drug-likeness (QED) is 0.488. The molecule has 3 N–H and O–H groups in total. The van der Waals surface area contributed by atoms with E-state index in [0.29, 0.717) is 10.7 Å². The molecule has 26 heavy (non-hydrogen) atoms. The Morgan fingerprint density at radius 3 is 2.42 bits per heavy atom. The highest BCUT2D eigenvalue weighted by Gasteiger charge is 2.12. The van der Waals surface area contributed by atoms with Crippen LogP contribution >= 0.6 is 12.2 Å². The molecule has 0 fully saturated rings. The minimum absolute atomic E-state index is 0.262. The van der Waals surface area contributed by atoms with Crippen LogP contribution in [0.25, 0.3) is 5.69 Å². The molecular weight excluding hydrogens is 344 g/mol. The van der Waals surface area contributed by atoms with Crippen LogP contribution in [0.3, 0.4) is 0 Å². The van der Waals surface area contributed by atoms with Gasteiger partial charge in [0.1, 0.15) is 0 Å². The van der Waals surface area contributed by atoms with Crippen molar-refractivity contribution < 1.29 is 4.79 Å². The zero-order valence-corrected chi connectivity index (χ0v) is 15.2. The van der Waals surface area contributed by atoms with Crippen molar-refractivity contribution in [3.8, 4) is 5.69 Å². The summed E-state index contributed by atoms with van der Waals surface area (Å²) in [7, 11) is 0. The van der Waals surface area contributed by atoms with Crippen LogP contribution in [-0.4, -0.2) is 15.6 Å². The Balaban J connectivity index is 1.65. The second kappa shape index (κ2) is 8.31. The highest BCUT2D eigenvalue weighted by atomic mass is 32.1. The summed E-state index contributed by atoms with van der Waals surface area (Å²) in [5, 5.41) is 3.44. The predicted molar refractivity (Wildman–Crippen MR) is 108 cm³/mol. The van der Waals surface area contributed by atoms with Gasteiger partial charge in [0, 0.05) is 18.1 Å². The van der Waals surface area contributed by atoms with Gasteiger partial charge in [-0.3, -0.25) is 15.6 Å². The zero-order valence-electron chi connectivity index (χ0n) is 14.4. The molecule has 3 rings (SSSR count). The van der Waals surface area contributed by atoms with Crippen molar-refractivity contribution in [3.05, 3.63) is 84.2 Å². The van der Waals surface area contributed by atoms with E-state index in [1.54, 1.807) is 6.07 Å². The van der Waals surface area contributed by atoms with Crippen molar-refractivity contribution in [2.24, 2.45) is 0 Å². The maximum Gasteiger partial charge on any atom is 0.271 e. The van der Waals surface area contributed by atoms with Gasteiger partial charge in [-0.1, -0.05) is 37.3 Å². The molecular formula is C20H20N4OS. The van der Waals surface area contributed by atoms with Crippen molar-refractivity contribution in [2.45, 2.75) is 13.3 Å². The number of hydrogen-bond acceptors (Lipinski definition) is 2. The van der Waals surface area contributed by atoms with Gasteiger partial charge in [-0.2, -0.15) is 0 Å². The van der Waals surface area contributed by atoms with E-state index in [9.17, 15) is 4.79 Å². The Labute approximate surface area is 158 Å². The third-order valence-electron chi connectivity index (χ3n) is 3.97. The molecule has 0 radical (unpaired) electrons. The molecule has 1 aromatic heterocycles. The Bertz CT molecular complexity index is 906. The standard InChI is InChI=1S/C20H20N4OS/c1-2-15-9-3-5-11-17(15)21-20(26)23-22-19(25)16-10-4-6-12-18(16)24-13-7-8-14-24/h3-14H,2H2,1H3,(H,22,25)(H2,21,23,26). The number of anilines is 1. The Morgan fingerprint density at radius 1 is 0.962 bits per heavy atom. The summed E-state index contributed by atoms with van der Waals surface area (Å²) in [6, 6.07) is 19.1. The number of carbonyl (C=O) groups is 1. The van der Waals surface area contributed by atoms with E-state index in [1.165, 1.54) is 0 Å². The molecule has 0 saturated heterocycles. The number of rotatable bonds is 4. The number of hydrogen-bond donors (Lipinski definition) is 3. The Hall–Kier alpha value is -3.12. The van der Waals surface area contributed by atoms with Gasteiger partial charge in [0.05, 0.1) is 11.3 Å². The molecule has 3 aromatic rings. The number of para-hydroxylation sites is 2. The smallest absolute Gasteiger partial charge is 0.271 e. The average Bonchev–Trinajstić information content (AvgIpc) is 3.21. The van der Waals surface area contributed by atoms with Gasteiger partial charge < -0.3 is 9.88 Å². The number of benzene rings is 2. The lowest BCUT2D eigenvalue weighted by Crippen LogP contribution is -2.44. The molecule has 0 aliphatic heterocycles. The van der Waals surface area contributed by atoms with Gasteiger partial charge in [0.2, 0.25) is 0 Å². The third kappa shape index (κ3) is 4.10. The first-order valence-corrected chi connectivity index (χ1v) is 8.77. The minimum atomic E-state index is -0.262. The highest BCUT2D eigenvalue weighted by Crippen LogP contribution is 2.16. The number of hydrazine groups is 1. The molecule has 0 aliphatic carbocycles. The normalized spacial score (nSPS) is 10.2. The lowest BCUT2D eigenvalue weighted by Gasteiger charge is -2.15. The van der Waals surface area contributed by atoms with Gasteiger partial charge in [0.25, 0.3) is 5.91 Å². The number of thiocarbonyl (C=S) groups is 1. The van der Waals surface area contributed by atoms with Crippen molar-refractivity contribution in [1.82, 2.24) is 15.4 Å². The lowest BCUT2D eigenvalue weighted by molar-refractivity contribution is 0.0944. The summed E-state index contributed by atoms with van der Waals surface area (Å²) in [5.74, 6) is -0.262. The predicted octanol–water partition coefficient (Wildman–Crippen LogP) is 3.67. The Kier molecular flexibility index (Phi) is 5.66. The van der Waals surface area contributed by atoms with Crippen molar-refractivity contribution >= 4 is 28.9 Å². The molecule has 0 bridgehead atoms. The first-order chi connectivity index (χ1) is 12.7. The molecule has 0 spiro atoms. The maximum atomic E-state index is 12.6. The van der Waals surface area contributed by atoms with Crippen molar-refractivity contribution in [1.29, 1.82) is 0 Å². The first-order valence-electron chi connectivity index (χ1n) is 8.36. The fourth-order valence-electron chi connectivity index (χ4n) is 2.67. The van der Waals surface area contributed by atoms with Crippen LogP contribution in [0.4, 0.5) is 5.69 Å². The number of carbonyl (C=O) groups excluding carboxylic acids is 1. The molecule has 1 amide bonds. The summed E-state index contributed by atoms with van der Waals surface area (Å²) >= 11 is 5.28. The van der Waals surface area contributed by atoms with E-state index in [2.05, 4.69) is 23.1 Å². The summed E-state index contributed by atoms with van der Waals surface area (Å²) in [4.78, 5) is 12.6. The number of aryl methyl sites for hydroxylation is 1. The third-order valence-corrected chi connectivity index (χ3v) is 4.17. The topological polar surface area (TPSA) is 58.1 Å². The van der Waals surface area contributed by atoms with Gasteiger partial charge in [-0.15, -0.1) is 0 Å². The van der Waals surface area contributed by atoms with Crippen molar-refractivity contribution in [3.63, 3.8) is 0 Å². The fraction of sp³-hybridized carbons (Fsp3) is 0.100. The lowest BCUT2D eigenvalue weighted by atomic mass is 10.1. The van der Waals surface area contributed by atoms with Crippen LogP contribution in [-0.2, 0) is 6.42 Å². The fourth-order valence-corrected chi connectivity index (χ4v) is 2.83. The second-order valence-electron chi connectivity index (χ2n) is 5.65. The molecule has 0 saturated carbocycles. The largest absolute Gasteiger partial charge is 0.331 e. The second-order valence-corrected chi connectivity index (χ2v) is 6.06. The average molecular weight is 364 g/mol. The van der Waals surface area contributed by atoms with Gasteiger partial charge in [-0.25, -0.2) is 0 Å². The molecule has 0 unspecified atom stereocenters. The molecule has 2 aromatic carbocycles. The first kappa shape index (κ1) is 17.7. The number of nitrogens with zero attached hydrogens (tertiary/aromatic N) is 1. The maximum absolute atomic E-state index is 12.6. The SMILES string of the molecule is CCc1ccccc1NC(=S)NNC(=O)c1ccccc1-n1cccc1. The minimum Gasteiger partial charge on any atom is -0.331 e. The zero-order chi connectivity index (χ0) is 18.4. The van der Waals surface area contributed by atoms with Crippen LogP contribution in [0.2, 0.25) is 0 Å². The van der Waals surface area contributed by atoms with Gasteiger partial charge in [0.15, 0.2) is 5.11 Å². The molecule has 0 atom stereocenters. The van der Waals surface area contributed by atoms with Crippen molar-refractivity contribution in [2.75, 3.05) is 5.32 Å². The summed E-state index contributed by atoms with van der Waals surface area (Å²) < 4.78 is 1.89. The van der Waals surface area contributed by atoms with Gasteiger partial charge in [-0.05, 0) is 54.5 Å². The van der Waals surface area contributed by atoms with Crippen LogP contribution in [0.15, 0.2) is 73.1 Å². The van der Waals surface area contributed by atoms with Crippen LogP contribution in [0.5, 0.6) is 0 Å². The molecule has 1 heterocycles. The van der Waals surface area contributed by atoms with Gasteiger partial charge >= 0.3 is 0 Å². The molecule has 5 nitrogen and oxygen atoms in total. The molecule has 0 aliphatic rings. The van der Waals surface area contributed by atoms with Crippen LogP contribution in [0, 0.1) is 0 Å². The Morgan fingerprint density at radius 2 is 1.65 bits per heavy atom. The summed E-state index contributed by atoms with van der Waals surface area (Å²) in [5.41, 5.74) is 8.84. The number of aromatic nitrogens is 1. The summed E-state index contributed by atoms with van der Waals surface area (Å²) in [6.45, 7) is 2.08.